The molecule has 0 unspecified atom stereocenters. The molecule has 0 N–H and O–H groups in total. The summed E-state index contributed by atoms with van der Waals surface area (Å²) in [5.74, 6) is 0.855. The first kappa shape index (κ1) is 16.0. The highest BCUT2D eigenvalue weighted by Gasteiger charge is 2.24. The van der Waals surface area contributed by atoms with Gasteiger partial charge in [-0.3, -0.25) is 9.78 Å². The molecule has 1 aliphatic rings. The Morgan fingerprint density at radius 3 is 2.48 bits per heavy atom. The lowest BCUT2D eigenvalue weighted by Crippen LogP contribution is -2.41. The van der Waals surface area contributed by atoms with Crippen molar-refractivity contribution < 1.29 is 4.79 Å². The van der Waals surface area contributed by atoms with Crippen LogP contribution in [-0.4, -0.2) is 53.4 Å². The van der Waals surface area contributed by atoms with Crippen molar-refractivity contribution in [2.24, 2.45) is 5.92 Å². The molecular formula is C17H27N3O. The topological polar surface area (TPSA) is 36.4 Å². The maximum atomic E-state index is 12.4. The Balaban J connectivity index is 1.86. The second-order valence-electron chi connectivity index (χ2n) is 5.91. The SMILES string of the molecule is CCN(CC)CC1CCN(C(=O)c2ccc(C)nc2)CC1. The van der Waals surface area contributed by atoms with E-state index in [0.29, 0.717) is 5.56 Å². The van der Waals surface area contributed by atoms with Gasteiger partial charge in [0.15, 0.2) is 0 Å². The van der Waals surface area contributed by atoms with Crippen LogP contribution in [0.3, 0.4) is 0 Å². The van der Waals surface area contributed by atoms with Crippen LogP contribution in [0.5, 0.6) is 0 Å². The van der Waals surface area contributed by atoms with Gasteiger partial charge in [-0.15, -0.1) is 0 Å². The monoisotopic (exact) mass is 289 g/mol. The molecule has 0 spiro atoms. The maximum Gasteiger partial charge on any atom is 0.255 e. The number of likely N-dealkylation sites (tertiary alicyclic amines) is 1. The smallest absolute Gasteiger partial charge is 0.255 e. The molecular weight excluding hydrogens is 262 g/mol. The zero-order chi connectivity index (χ0) is 15.2. The molecule has 1 fully saturated rings. The van der Waals surface area contributed by atoms with Crippen LogP contribution in [-0.2, 0) is 0 Å². The number of carbonyl (C=O) groups is 1. The second-order valence-corrected chi connectivity index (χ2v) is 5.91. The van der Waals surface area contributed by atoms with Gasteiger partial charge in [0, 0.05) is 31.5 Å². The van der Waals surface area contributed by atoms with Gasteiger partial charge in [0.2, 0.25) is 0 Å². The summed E-state index contributed by atoms with van der Waals surface area (Å²) in [5.41, 5.74) is 1.66. The molecule has 1 aromatic heterocycles. The van der Waals surface area contributed by atoms with E-state index in [1.807, 2.05) is 24.0 Å². The molecule has 0 atom stereocenters. The quantitative estimate of drug-likeness (QED) is 0.836. The van der Waals surface area contributed by atoms with Crippen molar-refractivity contribution in [3.63, 3.8) is 0 Å². The Kier molecular flexibility index (Phi) is 5.74. The van der Waals surface area contributed by atoms with Crippen LogP contribution in [0.1, 0.15) is 42.7 Å². The largest absolute Gasteiger partial charge is 0.339 e. The van der Waals surface area contributed by atoms with Crippen LogP contribution in [0.2, 0.25) is 0 Å². The van der Waals surface area contributed by atoms with Crippen molar-refractivity contribution in [1.29, 1.82) is 0 Å². The lowest BCUT2D eigenvalue weighted by molar-refractivity contribution is 0.0669. The van der Waals surface area contributed by atoms with Crippen LogP contribution in [0.25, 0.3) is 0 Å². The number of aryl methyl sites for hydroxylation is 1. The normalized spacial score (nSPS) is 16.5. The lowest BCUT2D eigenvalue weighted by Gasteiger charge is -2.34. The van der Waals surface area contributed by atoms with Gasteiger partial charge in [0.1, 0.15) is 0 Å². The van der Waals surface area contributed by atoms with Crippen molar-refractivity contribution in [2.45, 2.75) is 33.6 Å². The summed E-state index contributed by atoms with van der Waals surface area (Å²) < 4.78 is 0. The number of hydrogen-bond acceptors (Lipinski definition) is 3. The average molecular weight is 289 g/mol. The summed E-state index contributed by atoms with van der Waals surface area (Å²) in [6.07, 6.45) is 3.92. The molecule has 1 aromatic rings. The van der Waals surface area contributed by atoms with Gasteiger partial charge in [0.25, 0.3) is 5.91 Å². The fraction of sp³-hybridized carbons (Fsp3) is 0.647. The van der Waals surface area contributed by atoms with Crippen molar-refractivity contribution in [2.75, 3.05) is 32.7 Å². The van der Waals surface area contributed by atoms with E-state index in [1.54, 1.807) is 6.20 Å². The number of aromatic nitrogens is 1. The summed E-state index contributed by atoms with van der Waals surface area (Å²) in [4.78, 5) is 21.1. The van der Waals surface area contributed by atoms with Gasteiger partial charge in [-0.05, 0) is 50.9 Å². The summed E-state index contributed by atoms with van der Waals surface area (Å²) in [7, 11) is 0. The van der Waals surface area contributed by atoms with E-state index in [9.17, 15) is 4.79 Å². The standard InChI is InChI=1S/C17H27N3O/c1-4-19(5-2)13-15-8-10-20(11-9-15)17(21)16-7-6-14(3)18-12-16/h6-7,12,15H,4-5,8-11,13H2,1-3H3. The summed E-state index contributed by atoms with van der Waals surface area (Å²) in [5, 5.41) is 0. The first-order valence-electron chi connectivity index (χ1n) is 8.08. The molecule has 2 rings (SSSR count). The molecule has 0 bridgehead atoms. The highest BCUT2D eigenvalue weighted by Crippen LogP contribution is 2.20. The predicted molar refractivity (Wildman–Crippen MR) is 85.4 cm³/mol. The van der Waals surface area contributed by atoms with Gasteiger partial charge < -0.3 is 9.80 Å². The highest BCUT2D eigenvalue weighted by atomic mass is 16.2. The number of amides is 1. The molecule has 116 valence electrons. The molecule has 4 nitrogen and oxygen atoms in total. The fourth-order valence-corrected chi connectivity index (χ4v) is 2.94. The van der Waals surface area contributed by atoms with E-state index >= 15 is 0 Å². The number of pyridine rings is 1. The van der Waals surface area contributed by atoms with Gasteiger partial charge in [0.05, 0.1) is 5.56 Å². The number of nitrogens with zero attached hydrogens (tertiary/aromatic N) is 3. The summed E-state index contributed by atoms with van der Waals surface area (Å²) in [6.45, 7) is 11.5. The zero-order valence-electron chi connectivity index (χ0n) is 13.5. The molecule has 2 heterocycles. The molecule has 1 aliphatic heterocycles. The molecule has 1 amide bonds. The van der Waals surface area contributed by atoms with Crippen molar-refractivity contribution in [1.82, 2.24) is 14.8 Å². The van der Waals surface area contributed by atoms with Crippen molar-refractivity contribution in [3.05, 3.63) is 29.6 Å². The van der Waals surface area contributed by atoms with Gasteiger partial charge >= 0.3 is 0 Å². The van der Waals surface area contributed by atoms with Crippen LogP contribution in [0.15, 0.2) is 18.3 Å². The Labute approximate surface area is 128 Å². The minimum atomic E-state index is 0.129. The average Bonchev–Trinajstić information content (AvgIpc) is 2.53. The number of rotatable bonds is 5. The molecule has 4 heteroatoms. The third kappa shape index (κ3) is 4.27. The van der Waals surface area contributed by atoms with Crippen LogP contribution in [0, 0.1) is 12.8 Å². The summed E-state index contributed by atoms with van der Waals surface area (Å²) >= 11 is 0. The van der Waals surface area contributed by atoms with Gasteiger partial charge in [-0.1, -0.05) is 13.8 Å². The number of hydrogen-bond donors (Lipinski definition) is 0. The Morgan fingerprint density at radius 2 is 1.95 bits per heavy atom. The van der Waals surface area contributed by atoms with Crippen LogP contribution in [0.4, 0.5) is 0 Å². The zero-order valence-corrected chi connectivity index (χ0v) is 13.5. The van der Waals surface area contributed by atoms with Crippen LogP contribution < -0.4 is 0 Å². The lowest BCUT2D eigenvalue weighted by atomic mass is 9.95. The molecule has 0 radical (unpaired) electrons. The van der Waals surface area contributed by atoms with Crippen molar-refractivity contribution in [3.8, 4) is 0 Å². The van der Waals surface area contributed by atoms with E-state index in [1.165, 1.54) is 6.54 Å². The fourth-order valence-electron chi connectivity index (χ4n) is 2.94. The molecule has 21 heavy (non-hydrogen) atoms. The van der Waals surface area contributed by atoms with E-state index in [-0.39, 0.29) is 5.91 Å². The minimum absolute atomic E-state index is 0.129. The van der Waals surface area contributed by atoms with Crippen LogP contribution >= 0.6 is 0 Å². The first-order valence-corrected chi connectivity index (χ1v) is 8.08. The van der Waals surface area contributed by atoms with E-state index in [2.05, 4.69) is 23.7 Å². The molecule has 0 saturated carbocycles. The van der Waals surface area contributed by atoms with E-state index in [0.717, 1.165) is 50.6 Å². The summed E-state index contributed by atoms with van der Waals surface area (Å²) in [6, 6.07) is 3.78. The maximum absolute atomic E-state index is 12.4. The van der Waals surface area contributed by atoms with Gasteiger partial charge in [-0.25, -0.2) is 0 Å². The Morgan fingerprint density at radius 1 is 1.29 bits per heavy atom. The Hall–Kier alpha value is -1.42. The van der Waals surface area contributed by atoms with E-state index in [4.69, 9.17) is 0 Å². The third-order valence-corrected chi connectivity index (χ3v) is 4.47. The molecule has 0 aliphatic carbocycles. The number of piperidine rings is 1. The first-order chi connectivity index (χ1) is 10.1. The number of carbonyl (C=O) groups excluding carboxylic acids is 1. The highest BCUT2D eigenvalue weighted by molar-refractivity contribution is 5.93. The third-order valence-electron chi connectivity index (χ3n) is 4.47. The molecule has 0 aromatic carbocycles. The van der Waals surface area contributed by atoms with E-state index < -0.39 is 0 Å². The second kappa shape index (κ2) is 7.55. The predicted octanol–water partition coefficient (Wildman–Crippen LogP) is 2.58. The van der Waals surface area contributed by atoms with Crippen molar-refractivity contribution >= 4 is 5.91 Å². The Bertz CT molecular complexity index is 446. The van der Waals surface area contributed by atoms with Gasteiger partial charge in [-0.2, -0.15) is 0 Å². The minimum Gasteiger partial charge on any atom is -0.339 e. The molecule has 1 saturated heterocycles.